The van der Waals surface area contributed by atoms with Gasteiger partial charge in [0.2, 0.25) is 11.8 Å². The van der Waals surface area contributed by atoms with Gasteiger partial charge < -0.3 is 15.4 Å². The van der Waals surface area contributed by atoms with E-state index in [0.717, 1.165) is 0 Å². The number of carbonyl (C=O) groups excluding carboxylic acids is 3. The zero-order chi connectivity index (χ0) is 20.0. The molecule has 0 fully saturated rings. The van der Waals surface area contributed by atoms with E-state index in [1.165, 1.54) is 39.2 Å². The van der Waals surface area contributed by atoms with Gasteiger partial charge in [-0.3, -0.25) is 14.6 Å². The van der Waals surface area contributed by atoms with Crippen molar-refractivity contribution >= 4 is 35.1 Å². The molecule has 0 bridgehead atoms. The smallest absolute Gasteiger partial charge is 0.337 e. The number of rotatable bonds is 6. The van der Waals surface area contributed by atoms with Crippen LogP contribution in [0.25, 0.3) is 0 Å². The molecule has 0 aliphatic carbocycles. The number of hydrogen-bond donors (Lipinski definition) is 2. The van der Waals surface area contributed by atoms with Gasteiger partial charge in [-0.25, -0.2) is 4.79 Å². The average Bonchev–Trinajstić information content (AvgIpc) is 2.67. The van der Waals surface area contributed by atoms with Gasteiger partial charge >= 0.3 is 5.97 Å². The van der Waals surface area contributed by atoms with Gasteiger partial charge in [-0.15, -0.1) is 0 Å². The van der Waals surface area contributed by atoms with Gasteiger partial charge in [-0.1, -0.05) is 17.7 Å². The van der Waals surface area contributed by atoms with Gasteiger partial charge in [0.05, 0.1) is 35.6 Å². The van der Waals surface area contributed by atoms with E-state index < -0.39 is 23.2 Å². The van der Waals surface area contributed by atoms with Crippen molar-refractivity contribution in [3.63, 3.8) is 0 Å². The highest BCUT2D eigenvalue weighted by atomic mass is 35.5. The number of nitrogens with one attached hydrogen (secondary N) is 2. The molecule has 2 aromatic rings. The van der Waals surface area contributed by atoms with Gasteiger partial charge in [0, 0.05) is 6.20 Å². The first-order valence-electron chi connectivity index (χ1n) is 8.13. The van der Waals surface area contributed by atoms with Gasteiger partial charge in [0.15, 0.2) is 0 Å². The predicted octanol–water partition coefficient (Wildman–Crippen LogP) is 2.80. The summed E-state index contributed by atoms with van der Waals surface area (Å²) in [5.41, 5.74) is -0.250. The van der Waals surface area contributed by atoms with Crippen LogP contribution in [0.15, 0.2) is 42.6 Å². The first-order valence-corrected chi connectivity index (χ1v) is 8.51. The summed E-state index contributed by atoms with van der Waals surface area (Å²) >= 11 is 6.08. The van der Waals surface area contributed by atoms with Crippen LogP contribution < -0.4 is 10.6 Å². The fraction of sp³-hybridized carbons (Fsp3) is 0.263. The van der Waals surface area contributed by atoms with Crippen molar-refractivity contribution in [1.29, 1.82) is 0 Å². The van der Waals surface area contributed by atoms with Crippen LogP contribution in [0.5, 0.6) is 0 Å². The molecule has 1 aromatic carbocycles. The van der Waals surface area contributed by atoms with Crippen molar-refractivity contribution in [3.8, 4) is 0 Å². The van der Waals surface area contributed by atoms with Crippen LogP contribution in [0, 0.1) is 5.41 Å². The quantitative estimate of drug-likeness (QED) is 0.584. The number of esters is 1. The van der Waals surface area contributed by atoms with E-state index in [0.29, 0.717) is 5.69 Å². The van der Waals surface area contributed by atoms with Crippen LogP contribution in [-0.2, 0) is 20.9 Å². The Labute approximate surface area is 162 Å². The second kappa shape index (κ2) is 8.64. The predicted molar refractivity (Wildman–Crippen MR) is 101 cm³/mol. The van der Waals surface area contributed by atoms with Crippen LogP contribution in [0.4, 0.5) is 5.69 Å². The maximum absolute atomic E-state index is 12.6. The van der Waals surface area contributed by atoms with Crippen LogP contribution >= 0.6 is 11.6 Å². The molecule has 142 valence electrons. The largest absolute Gasteiger partial charge is 0.465 e. The number of methoxy groups -OCH3 is 1. The molecule has 0 spiro atoms. The number of amides is 2. The summed E-state index contributed by atoms with van der Waals surface area (Å²) in [6.45, 7) is 3.19. The molecule has 0 unspecified atom stereocenters. The van der Waals surface area contributed by atoms with Gasteiger partial charge in [0.25, 0.3) is 0 Å². The Kier molecular flexibility index (Phi) is 6.52. The van der Waals surface area contributed by atoms with Gasteiger partial charge in [0.1, 0.15) is 5.41 Å². The minimum Gasteiger partial charge on any atom is -0.465 e. The number of hydrogen-bond acceptors (Lipinski definition) is 5. The fourth-order valence-electron chi connectivity index (χ4n) is 2.14. The minimum atomic E-state index is -1.38. The summed E-state index contributed by atoms with van der Waals surface area (Å²) in [6, 6.07) is 9.70. The number of carbonyl (C=O) groups is 3. The van der Waals surface area contributed by atoms with E-state index in [1.54, 1.807) is 18.3 Å². The number of pyridine rings is 1. The highest BCUT2D eigenvalue weighted by Gasteiger charge is 2.36. The molecular formula is C19H20ClN3O4. The highest BCUT2D eigenvalue weighted by Crippen LogP contribution is 2.26. The number of halogens is 1. The SMILES string of the molecule is COC(=O)c1ccc(Cl)c(NC(=O)C(C)(C)C(=O)NCc2ccccn2)c1. The van der Waals surface area contributed by atoms with Crippen LogP contribution in [-0.4, -0.2) is 29.9 Å². The molecule has 27 heavy (non-hydrogen) atoms. The van der Waals surface area contributed by atoms with Crippen molar-refractivity contribution in [2.75, 3.05) is 12.4 Å². The van der Waals surface area contributed by atoms with Crippen molar-refractivity contribution in [1.82, 2.24) is 10.3 Å². The molecule has 1 heterocycles. The second-order valence-corrected chi connectivity index (χ2v) is 6.68. The van der Waals surface area contributed by atoms with Crippen LogP contribution in [0.3, 0.4) is 0 Å². The minimum absolute atomic E-state index is 0.203. The van der Waals surface area contributed by atoms with E-state index in [9.17, 15) is 14.4 Å². The number of ether oxygens (including phenoxy) is 1. The topological polar surface area (TPSA) is 97.4 Å². The maximum atomic E-state index is 12.6. The Hall–Kier alpha value is -2.93. The number of aromatic nitrogens is 1. The third-order valence-electron chi connectivity index (χ3n) is 3.93. The Balaban J connectivity index is 2.09. The summed E-state index contributed by atoms with van der Waals surface area (Å²) in [5.74, 6) is -1.59. The number of nitrogens with zero attached hydrogens (tertiary/aromatic N) is 1. The molecule has 0 aliphatic heterocycles. The third kappa shape index (κ3) is 5.04. The second-order valence-electron chi connectivity index (χ2n) is 6.27. The summed E-state index contributed by atoms with van der Waals surface area (Å²) in [6.07, 6.45) is 1.62. The van der Waals surface area contributed by atoms with E-state index in [2.05, 4.69) is 20.4 Å². The monoisotopic (exact) mass is 389 g/mol. The maximum Gasteiger partial charge on any atom is 0.337 e. The molecule has 0 saturated heterocycles. The van der Waals surface area contributed by atoms with E-state index in [1.807, 2.05) is 6.07 Å². The first kappa shape index (κ1) is 20.4. The van der Waals surface area contributed by atoms with E-state index >= 15 is 0 Å². The average molecular weight is 390 g/mol. The number of benzene rings is 1. The standard InChI is InChI=1S/C19H20ClN3O4/c1-19(2,17(25)22-11-13-6-4-5-9-21-13)18(26)23-15-10-12(16(24)27-3)7-8-14(15)20/h4-10H,11H2,1-3H3,(H,22,25)(H,23,26). The molecule has 0 saturated carbocycles. The fourth-order valence-corrected chi connectivity index (χ4v) is 2.31. The zero-order valence-electron chi connectivity index (χ0n) is 15.2. The number of anilines is 1. The lowest BCUT2D eigenvalue weighted by Crippen LogP contribution is -2.45. The Bertz CT molecular complexity index is 853. The lowest BCUT2D eigenvalue weighted by atomic mass is 9.91. The lowest BCUT2D eigenvalue weighted by molar-refractivity contribution is -0.138. The third-order valence-corrected chi connectivity index (χ3v) is 4.26. The Morgan fingerprint density at radius 3 is 2.52 bits per heavy atom. The van der Waals surface area contributed by atoms with Crippen LogP contribution in [0.1, 0.15) is 29.9 Å². The highest BCUT2D eigenvalue weighted by molar-refractivity contribution is 6.34. The van der Waals surface area contributed by atoms with E-state index in [4.69, 9.17) is 11.6 Å². The molecule has 0 radical (unpaired) electrons. The van der Waals surface area contributed by atoms with Gasteiger partial charge in [-0.2, -0.15) is 0 Å². The molecule has 2 N–H and O–H groups in total. The van der Waals surface area contributed by atoms with Crippen molar-refractivity contribution in [3.05, 3.63) is 58.9 Å². The molecule has 2 rings (SSSR count). The molecule has 1 aromatic heterocycles. The summed E-state index contributed by atoms with van der Waals surface area (Å²) in [5, 5.41) is 5.52. The normalized spacial score (nSPS) is 10.8. The molecule has 2 amide bonds. The lowest BCUT2D eigenvalue weighted by Gasteiger charge is -2.23. The van der Waals surface area contributed by atoms with Crippen molar-refractivity contribution in [2.45, 2.75) is 20.4 Å². The molecule has 7 nitrogen and oxygen atoms in total. The molecule has 0 atom stereocenters. The van der Waals surface area contributed by atoms with E-state index in [-0.39, 0.29) is 22.8 Å². The zero-order valence-corrected chi connectivity index (χ0v) is 16.0. The summed E-state index contributed by atoms with van der Waals surface area (Å²) < 4.78 is 4.65. The molecule has 8 heteroatoms. The summed E-state index contributed by atoms with van der Waals surface area (Å²) in [4.78, 5) is 40.9. The van der Waals surface area contributed by atoms with Crippen molar-refractivity contribution < 1.29 is 19.1 Å². The van der Waals surface area contributed by atoms with Gasteiger partial charge in [-0.05, 0) is 44.2 Å². The Morgan fingerprint density at radius 2 is 1.89 bits per heavy atom. The first-order chi connectivity index (χ1) is 12.8. The van der Waals surface area contributed by atoms with Crippen molar-refractivity contribution in [2.24, 2.45) is 5.41 Å². The molecule has 0 aliphatic rings. The van der Waals surface area contributed by atoms with Crippen LogP contribution in [0.2, 0.25) is 5.02 Å². The summed E-state index contributed by atoms with van der Waals surface area (Å²) in [7, 11) is 1.25. The molecular weight excluding hydrogens is 370 g/mol. The Morgan fingerprint density at radius 1 is 1.15 bits per heavy atom.